The second-order valence-corrected chi connectivity index (χ2v) is 7.13. The van der Waals surface area contributed by atoms with Crippen LogP contribution in [0.25, 0.3) is 0 Å². The molecule has 104 valence electrons. The molecule has 1 rings (SSSR count). The first-order chi connectivity index (χ1) is 8.14. The van der Waals surface area contributed by atoms with E-state index in [4.69, 9.17) is 0 Å². The zero-order valence-corrected chi connectivity index (χ0v) is 12.8. The van der Waals surface area contributed by atoms with E-state index in [-0.39, 0.29) is 17.7 Å². The molecule has 1 aromatic heterocycles. The van der Waals surface area contributed by atoms with Crippen LogP contribution < -0.4 is 4.72 Å². The number of anilines is 1. The SMILES string of the molecule is Cc1nn(C(C)C)c(C)c1NS(=O)(=O)CC(C)C. The number of nitrogens with one attached hydrogen (secondary N) is 1. The number of nitrogens with zero attached hydrogens (tertiary/aromatic N) is 2. The van der Waals surface area contributed by atoms with Gasteiger partial charge >= 0.3 is 0 Å². The fourth-order valence-electron chi connectivity index (χ4n) is 1.95. The third-order valence-electron chi connectivity index (χ3n) is 2.62. The molecule has 0 saturated heterocycles. The number of aromatic nitrogens is 2. The summed E-state index contributed by atoms with van der Waals surface area (Å²) in [6, 6.07) is 0.215. The highest BCUT2D eigenvalue weighted by Crippen LogP contribution is 2.23. The molecule has 1 heterocycles. The minimum atomic E-state index is -3.29. The van der Waals surface area contributed by atoms with Gasteiger partial charge in [-0.25, -0.2) is 8.42 Å². The summed E-state index contributed by atoms with van der Waals surface area (Å²) in [6.45, 7) is 11.5. The summed E-state index contributed by atoms with van der Waals surface area (Å²) >= 11 is 0. The number of sulfonamides is 1. The Balaban J connectivity index is 3.06. The third kappa shape index (κ3) is 3.48. The highest BCUT2D eigenvalue weighted by Gasteiger charge is 2.19. The van der Waals surface area contributed by atoms with E-state index in [9.17, 15) is 8.42 Å². The molecular formula is C12H23N3O2S. The van der Waals surface area contributed by atoms with Gasteiger partial charge in [0.25, 0.3) is 0 Å². The molecule has 0 aliphatic carbocycles. The number of aryl methyl sites for hydroxylation is 1. The molecule has 1 N–H and O–H groups in total. The largest absolute Gasteiger partial charge is 0.280 e. The minimum Gasteiger partial charge on any atom is -0.280 e. The summed E-state index contributed by atoms with van der Waals surface area (Å²) in [7, 11) is -3.29. The first kappa shape index (κ1) is 15.0. The highest BCUT2D eigenvalue weighted by atomic mass is 32.2. The van der Waals surface area contributed by atoms with Gasteiger partial charge in [-0.3, -0.25) is 9.40 Å². The molecule has 0 fully saturated rings. The van der Waals surface area contributed by atoms with Crippen molar-refractivity contribution in [3.8, 4) is 0 Å². The Bertz CT molecular complexity index is 516. The summed E-state index contributed by atoms with van der Waals surface area (Å²) in [5, 5.41) is 4.36. The van der Waals surface area contributed by atoms with Crippen LogP contribution in [-0.2, 0) is 10.0 Å². The summed E-state index contributed by atoms with van der Waals surface area (Å²) in [5.74, 6) is 0.224. The van der Waals surface area contributed by atoms with Crippen LogP contribution in [0.4, 0.5) is 5.69 Å². The van der Waals surface area contributed by atoms with E-state index in [0.29, 0.717) is 11.4 Å². The molecule has 0 radical (unpaired) electrons. The zero-order valence-electron chi connectivity index (χ0n) is 12.0. The van der Waals surface area contributed by atoms with Crippen LogP contribution in [0, 0.1) is 19.8 Å². The van der Waals surface area contributed by atoms with E-state index in [1.165, 1.54) is 0 Å². The second kappa shape index (κ2) is 5.30. The molecule has 0 spiro atoms. The van der Waals surface area contributed by atoms with Gasteiger partial charge < -0.3 is 0 Å². The standard InChI is InChI=1S/C12H23N3O2S/c1-8(2)7-18(16,17)14-12-10(5)13-15(9(3)4)11(12)6/h8-9,14H,7H2,1-6H3. The molecule has 18 heavy (non-hydrogen) atoms. The van der Waals surface area contributed by atoms with Crippen LogP contribution in [0.1, 0.15) is 45.1 Å². The number of hydrogen-bond acceptors (Lipinski definition) is 3. The van der Waals surface area contributed by atoms with Crippen molar-refractivity contribution in [2.45, 2.75) is 47.6 Å². The van der Waals surface area contributed by atoms with Crippen molar-refractivity contribution in [1.29, 1.82) is 0 Å². The molecule has 0 aromatic carbocycles. The van der Waals surface area contributed by atoms with Crippen molar-refractivity contribution in [1.82, 2.24) is 9.78 Å². The first-order valence-corrected chi connectivity index (χ1v) is 7.85. The first-order valence-electron chi connectivity index (χ1n) is 6.20. The average molecular weight is 273 g/mol. The van der Waals surface area contributed by atoms with Crippen LogP contribution in [-0.4, -0.2) is 24.0 Å². The Morgan fingerprint density at radius 3 is 2.17 bits per heavy atom. The lowest BCUT2D eigenvalue weighted by Gasteiger charge is -2.11. The quantitative estimate of drug-likeness (QED) is 0.896. The number of rotatable bonds is 5. The van der Waals surface area contributed by atoms with Gasteiger partial charge in [0.2, 0.25) is 10.0 Å². The van der Waals surface area contributed by atoms with E-state index < -0.39 is 10.0 Å². The second-order valence-electron chi connectivity index (χ2n) is 5.36. The van der Waals surface area contributed by atoms with Gasteiger partial charge in [-0.05, 0) is 33.6 Å². The van der Waals surface area contributed by atoms with Gasteiger partial charge in [-0.2, -0.15) is 5.10 Å². The fraction of sp³-hybridized carbons (Fsp3) is 0.750. The van der Waals surface area contributed by atoms with Crippen molar-refractivity contribution < 1.29 is 8.42 Å². The molecule has 0 aliphatic heterocycles. The Morgan fingerprint density at radius 2 is 1.78 bits per heavy atom. The van der Waals surface area contributed by atoms with Gasteiger partial charge in [0.15, 0.2) is 0 Å². The van der Waals surface area contributed by atoms with Crippen LogP contribution >= 0.6 is 0 Å². The molecule has 0 atom stereocenters. The van der Waals surface area contributed by atoms with Crippen LogP contribution in [0.5, 0.6) is 0 Å². The Labute approximate surface area is 110 Å². The van der Waals surface area contributed by atoms with Gasteiger partial charge in [0.1, 0.15) is 0 Å². The van der Waals surface area contributed by atoms with Gasteiger partial charge in [0, 0.05) is 6.04 Å². The predicted octanol–water partition coefficient (Wildman–Crippen LogP) is 2.48. The molecule has 0 amide bonds. The third-order valence-corrected chi connectivity index (χ3v) is 4.25. The van der Waals surface area contributed by atoms with Crippen LogP contribution in [0.15, 0.2) is 0 Å². The Morgan fingerprint density at radius 1 is 1.22 bits per heavy atom. The molecule has 5 nitrogen and oxygen atoms in total. The maximum absolute atomic E-state index is 11.9. The topological polar surface area (TPSA) is 64.0 Å². The lowest BCUT2D eigenvalue weighted by molar-refractivity contribution is 0.516. The van der Waals surface area contributed by atoms with E-state index in [2.05, 4.69) is 9.82 Å². The zero-order chi connectivity index (χ0) is 14.1. The van der Waals surface area contributed by atoms with Crippen LogP contribution in [0.3, 0.4) is 0 Å². The summed E-state index contributed by atoms with van der Waals surface area (Å²) in [6.07, 6.45) is 0. The molecule has 0 aliphatic rings. The van der Waals surface area contributed by atoms with Gasteiger partial charge in [0.05, 0.1) is 22.8 Å². The number of hydrogen-bond donors (Lipinski definition) is 1. The Kier molecular flexibility index (Phi) is 4.42. The fourth-order valence-corrected chi connectivity index (χ4v) is 3.52. The lowest BCUT2D eigenvalue weighted by atomic mass is 10.3. The lowest BCUT2D eigenvalue weighted by Crippen LogP contribution is -2.20. The average Bonchev–Trinajstić information content (AvgIpc) is 2.43. The smallest absolute Gasteiger partial charge is 0.233 e. The Hall–Kier alpha value is -1.04. The normalized spacial score (nSPS) is 12.4. The monoisotopic (exact) mass is 273 g/mol. The molecule has 0 saturated carbocycles. The van der Waals surface area contributed by atoms with Crippen LogP contribution in [0.2, 0.25) is 0 Å². The van der Waals surface area contributed by atoms with Crippen molar-refractivity contribution in [2.75, 3.05) is 10.5 Å². The molecule has 0 unspecified atom stereocenters. The van der Waals surface area contributed by atoms with E-state index in [0.717, 1.165) is 5.69 Å². The predicted molar refractivity (Wildman–Crippen MR) is 74.3 cm³/mol. The molecule has 0 bridgehead atoms. The molecule has 6 heteroatoms. The van der Waals surface area contributed by atoms with E-state index in [1.54, 1.807) is 0 Å². The maximum Gasteiger partial charge on any atom is 0.233 e. The summed E-state index contributed by atoms with van der Waals surface area (Å²) in [5.41, 5.74) is 2.19. The van der Waals surface area contributed by atoms with Gasteiger partial charge in [-0.15, -0.1) is 0 Å². The maximum atomic E-state index is 11.9. The van der Waals surface area contributed by atoms with Crippen molar-refractivity contribution in [2.24, 2.45) is 5.92 Å². The van der Waals surface area contributed by atoms with E-state index in [1.807, 2.05) is 46.2 Å². The molecule has 1 aromatic rings. The van der Waals surface area contributed by atoms with Crippen molar-refractivity contribution >= 4 is 15.7 Å². The summed E-state index contributed by atoms with van der Waals surface area (Å²) < 4.78 is 28.4. The van der Waals surface area contributed by atoms with Gasteiger partial charge in [-0.1, -0.05) is 13.8 Å². The van der Waals surface area contributed by atoms with Crippen molar-refractivity contribution in [3.63, 3.8) is 0 Å². The van der Waals surface area contributed by atoms with Crippen molar-refractivity contribution in [3.05, 3.63) is 11.4 Å². The summed E-state index contributed by atoms with van der Waals surface area (Å²) in [4.78, 5) is 0. The minimum absolute atomic E-state index is 0.100. The molecular weight excluding hydrogens is 250 g/mol. The van der Waals surface area contributed by atoms with E-state index >= 15 is 0 Å². The highest BCUT2D eigenvalue weighted by molar-refractivity contribution is 7.92.